The highest BCUT2D eigenvalue weighted by Crippen LogP contribution is 2.19. The molecule has 0 aliphatic carbocycles. The zero-order valence-electron chi connectivity index (χ0n) is 15.3. The molecule has 0 bridgehead atoms. The van der Waals surface area contributed by atoms with Crippen LogP contribution in [0.5, 0.6) is 5.75 Å². The predicted molar refractivity (Wildman–Crippen MR) is 100 cm³/mol. The van der Waals surface area contributed by atoms with E-state index in [0.29, 0.717) is 22.8 Å². The van der Waals surface area contributed by atoms with Gasteiger partial charge in [-0.05, 0) is 57.2 Å². The molecule has 0 N–H and O–H groups in total. The van der Waals surface area contributed by atoms with Gasteiger partial charge in [0.1, 0.15) is 18.1 Å². The molecular formula is C20H19NO5S. The molecule has 3 rings (SSSR count). The fraction of sp³-hybridized carbons (Fsp3) is 0.250. The summed E-state index contributed by atoms with van der Waals surface area (Å²) in [7, 11) is 0. The summed E-state index contributed by atoms with van der Waals surface area (Å²) in [6.07, 6.45) is 0. The number of carbonyl (C=O) groups excluding carboxylic acids is 2. The fourth-order valence-corrected chi connectivity index (χ4v) is 3.21. The summed E-state index contributed by atoms with van der Waals surface area (Å²) in [6.45, 7) is 5.66. The van der Waals surface area contributed by atoms with E-state index in [1.54, 1.807) is 30.3 Å². The molecule has 1 aromatic carbocycles. The molecule has 0 atom stereocenters. The molecule has 0 fully saturated rings. The molecule has 0 spiro atoms. The van der Waals surface area contributed by atoms with E-state index in [0.717, 1.165) is 21.9 Å². The van der Waals surface area contributed by atoms with Gasteiger partial charge in [-0.1, -0.05) is 5.16 Å². The van der Waals surface area contributed by atoms with Gasteiger partial charge in [0.15, 0.2) is 6.61 Å². The smallest absolute Gasteiger partial charge is 0.338 e. The topological polar surface area (TPSA) is 78.6 Å². The van der Waals surface area contributed by atoms with Crippen LogP contribution in [0.4, 0.5) is 0 Å². The highest BCUT2D eigenvalue weighted by atomic mass is 32.1. The number of Topliss-reactive ketones (excluding diaryl/α,β-unsaturated/α-hetero) is 1. The molecule has 0 amide bonds. The molecule has 7 heteroatoms. The number of nitrogens with zero attached hydrogens (tertiary/aromatic N) is 1. The molecule has 3 aromatic rings. The van der Waals surface area contributed by atoms with E-state index >= 15 is 0 Å². The lowest BCUT2D eigenvalue weighted by Gasteiger charge is -2.07. The Hall–Kier alpha value is -2.93. The summed E-state index contributed by atoms with van der Waals surface area (Å²) in [4.78, 5) is 25.7. The molecule has 6 nitrogen and oxygen atoms in total. The second-order valence-electron chi connectivity index (χ2n) is 6.03. The Morgan fingerprint density at radius 3 is 2.41 bits per heavy atom. The molecule has 0 aliphatic heterocycles. The molecule has 0 radical (unpaired) electrons. The lowest BCUT2D eigenvalue weighted by atomic mass is 10.2. The Kier molecular flexibility index (Phi) is 5.71. The van der Waals surface area contributed by atoms with E-state index in [9.17, 15) is 9.59 Å². The maximum absolute atomic E-state index is 12.1. The third kappa shape index (κ3) is 4.62. The Morgan fingerprint density at radius 1 is 1.07 bits per heavy atom. The van der Waals surface area contributed by atoms with Crippen LogP contribution in [0.2, 0.25) is 0 Å². The van der Waals surface area contributed by atoms with Gasteiger partial charge in [-0.3, -0.25) is 4.79 Å². The van der Waals surface area contributed by atoms with Gasteiger partial charge in [0, 0.05) is 4.88 Å². The third-order valence-corrected chi connectivity index (χ3v) is 5.05. The molecule has 0 saturated carbocycles. The maximum Gasteiger partial charge on any atom is 0.338 e. The monoisotopic (exact) mass is 385 g/mol. The van der Waals surface area contributed by atoms with Crippen molar-refractivity contribution in [3.8, 4) is 5.75 Å². The van der Waals surface area contributed by atoms with Gasteiger partial charge < -0.3 is 14.0 Å². The maximum atomic E-state index is 12.1. The van der Waals surface area contributed by atoms with Crippen molar-refractivity contribution in [1.82, 2.24) is 5.16 Å². The average molecular weight is 385 g/mol. The Morgan fingerprint density at radius 2 is 1.81 bits per heavy atom. The van der Waals surface area contributed by atoms with Crippen LogP contribution in [0.1, 0.15) is 41.9 Å². The van der Waals surface area contributed by atoms with E-state index in [4.69, 9.17) is 14.0 Å². The number of hydrogen-bond acceptors (Lipinski definition) is 7. The first kappa shape index (κ1) is 18.8. The highest BCUT2D eigenvalue weighted by Gasteiger charge is 2.14. The first-order valence-corrected chi connectivity index (χ1v) is 9.17. The lowest BCUT2D eigenvalue weighted by molar-refractivity contribution is 0.0476. The van der Waals surface area contributed by atoms with E-state index in [1.807, 2.05) is 26.8 Å². The van der Waals surface area contributed by atoms with Gasteiger partial charge in [0.2, 0.25) is 5.78 Å². The van der Waals surface area contributed by atoms with Crippen LogP contribution in [0.15, 0.2) is 40.9 Å². The normalized spacial score (nSPS) is 10.6. The minimum Gasteiger partial charge on any atom is -0.489 e. The van der Waals surface area contributed by atoms with Crippen LogP contribution in [-0.2, 0) is 11.3 Å². The quantitative estimate of drug-likeness (QED) is 0.446. The molecule has 0 aliphatic rings. The van der Waals surface area contributed by atoms with Crippen LogP contribution in [-0.4, -0.2) is 23.5 Å². The molecule has 2 heterocycles. The molecular weight excluding hydrogens is 366 g/mol. The van der Waals surface area contributed by atoms with Gasteiger partial charge in [-0.25, -0.2) is 4.79 Å². The van der Waals surface area contributed by atoms with Crippen molar-refractivity contribution in [2.45, 2.75) is 27.4 Å². The standard InChI is InChI=1S/C20H19NO5S/c1-12-4-9-19(27-12)18(22)11-25-20(23)15-5-7-16(8-6-15)24-10-17-13(2)21-26-14(17)3/h4-9H,10-11H2,1-3H3. The summed E-state index contributed by atoms with van der Waals surface area (Å²) in [5, 5.41) is 3.88. The van der Waals surface area contributed by atoms with E-state index in [1.165, 1.54) is 11.3 Å². The largest absolute Gasteiger partial charge is 0.489 e. The fourth-order valence-electron chi connectivity index (χ4n) is 2.42. The number of hydrogen-bond donors (Lipinski definition) is 0. The number of ketones is 1. The first-order chi connectivity index (χ1) is 12.9. The first-order valence-electron chi connectivity index (χ1n) is 8.35. The predicted octanol–water partition coefficient (Wildman–Crippen LogP) is 4.28. The number of benzene rings is 1. The average Bonchev–Trinajstić information content (AvgIpc) is 3.24. The van der Waals surface area contributed by atoms with Crippen LogP contribution in [0.3, 0.4) is 0 Å². The van der Waals surface area contributed by atoms with Gasteiger partial charge >= 0.3 is 5.97 Å². The summed E-state index contributed by atoms with van der Waals surface area (Å²) in [6, 6.07) is 10.2. The van der Waals surface area contributed by atoms with Crippen LogP contribution in [0, 0.1) is 20.8 Å². The minimum atomic E-state index is -0.547. The number of thiophene rings is 1. The SMILES string of the molecule is Cc1ccc(C(=O)COC(=O)c2ccc(OCc3c(C)noc3C)cc2)s1. The van der Waals surface area contributed by atoms with Gasteiger partial charge in [-0.2, -0.15) is 0 Å². The Bertz CT molecular complexity index is 936. The van der Waals surface area contributed by atoms with E-state index < -0.39 is 5.97 Å². The molecule has 140 valence electrons. The van der Waals surface area contributed by atoms with Crippen molar-refractivity contribution >= 4 is 23.1 Å². The molecule has 0 unspecified atom stereocenters. The van der Waals surface area contributed by atoms with Gasteiger partial charge in [0.25, 0.3) is 0 Å². The molecule has 2 aromatic heterocycles. The highest BCUT2D eigenvalue weighted by molar-refractivity contribution is 7.14. The van der Waals surface area contributed by atoms with Crippen LogP contribution < -0.4 is 4.74 Å². The third-order valence-electron chi connectivity index (χ3n) is 4.00. The molecule has 27 heavy (non-hydrogen) atoms. The molecule has 0 saturated heterocycles. The summed E-state index contributed by atoms with van der Waals surface area (Å²) >= 11 is 1.38. The number of ether oxygens (including phenoxy) is 2. The van der Waals surface area contributed by atoms with Crippen molar-refractivity contribution < 1.29 is 23.6 Å². The lowest BCUT2D eigenvalue weighted by Crippen LogP contribution is -2.13. The van der Waals surface area contributed by atoms with Gasteiger partial charge in [0.05, 0.1) is 21.7 Å². The second kappa shape index (κ2) is 8.18. The van der Waals surface area contributed by atoms with Crippen molar-refractivity contribution in [3.05, 3.63) is 68.7 Å². The van der Waals surface area contributed by atoms with E-state index in [-0.39, 0.29) is 12.4 Å². The Balaban J connectivity index is 1.53. The summed E-state index contributed by atoms with van der Waals surface area (Å²) in [5.74, 6) is 0.574. The van der Waals surface area contributed by atoms with Crippen molar-refractivity contribution in [2.75, 3.05) is 6.61 Å². The Labute approximate surface area is 160 Å². The van der Waals surface area contributed by atoms with Gasteiger partial charge in [-0.15, -0.1) is 11.3 Å². The minimum absolute atomic E-state index is 0.208. The van der Waals surface area contributed by atoms with E-state index in [2.05, 4.69) is 5.16 Å². The summed E-state index contributed by atoms with van der Waals surface area (Å²) < 4.78 is 15.9. The number of rotatable bonds is 7. The van der Waals surface area contributed by atoms with Crippen molar-refractivity contribution in [2.24, 2.45) is 0 Å². The number of aryl methyl sites for hydroxylation is 3. The zero-order chi connectivity index (χ0) is 19.4. The van der Waals surface area contributed by atoms with Crippen LogP contribution in [0.25, 0.3) is 0 Å². The summed E-state index contributed by atoms with van der Waals surface area (Å²) in [5.41, 5.74) is 2.05. The zero-order valence-corrected chi connectivity index (χ0v) is 16.1. The van der Waals surface area contributed by atoms with Crippen LogP contribution >= 0.6 is 11.3 Å². The number of esters is 1. The number of aromatic nitrogens is 1. The second-order valence-corrected chi connectivity index (χ2v) is 7.31. The van der Waals surface area contributed by atoms with Crippen molar-refractivity contribution in [3.63, 3.8) is 0 Å². The van der Waals surface area contributed by atoms with Crippen molar-refractivity contribution in [1.29, 1.82) is 0 Å². The number of carbonyl (C=O) groups is 2.